The number of rotatable bonds is 10. The summed E-state index contributed by atoms with van der Waals surface area (Å²) >= 11 is 0. The normalized spacial score (nSPS) is 12.0. The standard InChI is InChI=1S/C23H18F3NO10S2/c1-2-35-22(28)14-36-15-3-7-17(8-4-15)38(31,32)18-9-5-16(6-10-18)37-21-12-11-19(13-20(21)27(29)30)39(33,34)23(24,25)26/h3-13H,2,14H2,1H3. The van der Waals surface area contributed by atoms with Crippen molar-refractivity contribution in [1.29, 1.82) is 0 Å². The predicted molar refractivity (Wildman–Crippen MR) is 127 cm³/mol. The lowest BCUT2D eigenvalue weighted by Crippen LogP contribution is -2.23. The highest BCUT2D eigenvalue weighted by Crippen LogP contribution is 2.37. The lowest BCUT2D eigenvalue weighted by molar-refractivity contribution is -0.385. The minimum Gasteiger partial charge on any atom is -0.482 e. The first-order valence-corrected chi connectivity index (χ1v) is 13.6. The van der Waals surface area contributed by atoms with Gasteiger partial charge in [0.15, 0.2) is 6.61 Å². The zero-order valence-corrected chi connectivity index (χ0v) is 21.4. The second-order valence-corrected chi connectivity index (χ2v) is 11.4. The molecule has 0 aliphatic rings. The Morgan fingerprint density at radius 3 is 1.87 bits per heavy atom. The fraction of sp³-hybridized carbons (Fsp3) is 0.174. The minimum atomic E-state index is -5.84. The Bertz CT molecular complexity index is 1590. The van der Waals surface area contributed by atoms with E-state index in [1.807, 2.05) is 0 Å². The van der Waals surface area contributed by atoms with Gasteiger partial charge in [0.25, 0.3) is 9.84 Å². The third kappa shape index (κ3) is 6.64. The summed E-state index contributed by atoms with van der Waals surface area (Å²) in [5.41, 5.74) is -6.72. The van der Waals surface area contributed by atoms with Gasteiger partial charge in [-0.2, -0.15) is 13.2 Å². The van der Waals surface area contributed by atoms with E-state index in [0.717, 1.165) is 24.3 Å². The number of carbonyl (C=O) groups excluding carboxylic acids is 1. The molecule has 0 aliphatic heterocycles. The van der Waals surface area contributed by atoms with Gasteiger partial charge in [-0.25, -0.2) is 21.6 Å². The van der Waals surface area contributed by atoms with Crippen molar-refractivity contribution in [3.8, 4) is 17.2 Å². The average molecular weight is 590 g/mol. The van der Waals surface area contributed by atoms with E-state index in [-0.39, 0.29) is 40.6 Å². The van der Waals surface area contributed by atoms with Crippen LogP contribution >= 0.6 is 0 Å². The van der Waals surface area contributed by atoms with E-state index in [9.17, 15) is 44.9 Å². The average Bonchev–Trinajstić information content (AvgIpc) is 2.87. The van der Waals surface area contributed by atoms with Crippen molar-refractivity contribution in [2.45, 2.75) is 27.1 Å². The van der Waals surface area contributed by atoms with Gasteiger partial charge in [-0.1, -0.05) is 0 Å². The number of nitro benzene ring substituents is 1. The Hall–Kier alpha value is -4.18. The van der Waals surface area contributed by atoms with Gasteiger partial charge in [0.1, 0.15) is 11.5 Å². The van der Waals surface area contributed by atoms with E-state index in [2.05, 4.69) is 0 Å². The molecule has 0 unspecified atom stereocenters. The monoisotopic (exact) mass is 589 g/mol. The van der Waals surface area contributed by atoms with E-state index in [1.54, 1.807) is 6.92 Å². The van der Waals surface area contributed by atoms with Gasteiger partial charge in [0.05, 0.1) is 26.2 Å². The Labute approximate surface area is 219 Å². The highest BCUT2D eigenvalue weighted by Gasteiger charge is 2.47. The van der Waals surface area contributed by atoms with Crippen molar-refractivity contribution in [2.75, 3.05) is 13.2 Å². The summed E-state index contributed by atoms with van der Waals surface area (Å²) in [6.45, 7) is 1.45. The Balaban J connectivity index is 1.80. The summed E-state index contributed by atoms with van der Waals surface area (Å²) in [4.78, 5) is 20.0. The number of benzene rings is 3. The van der Waals surface area contributed by atoms with E-state index < -0.39 is 52.4 Å². The van der Waals surface area contributed by atoms with Gasteiger partial charge in [0, 0.05) is 6.07 Å². The van der Waals surface area contributed by atoms with Crippen molar-refractivity contribution < 1.29 is 53.9 Å². The Morgan fingerprint density at radius 1 is 0.872 bits per heavy atom. The molecular weight excluding hydrogens is 571 g/mol. The summed E-state index contributed by atoms with van der Waals surface area (Å²) in [5, 5.41) is 11.3. The molecule has 0 fully saturated rings. The molecule has 3 aromatic rings. The van der Waals surface area contributed by atoms with Crippen LogP contribution in [0.15, 0.2) is 81.4 Å². The van der Waals surface area contributed by atoms with Crippen LogP contribution in [0, 0.1) is 10.1 Å². The number of sulfone groups is 2. The van der Waals surface area contributed by atoms with Crippen LogP contribution in [-0.4, -0.2) is 46.5 Å². The van der Waals surface area contributed by atoms with Gasteiger partial charge in [-0.15, -0.1) is 0 Å². The first-order valence-electron chi connectivity index (χ1n) is 10.7. The number of alkyl halides is 3. The summed E-state index contributed by atoms with van der Waals surface area (Å²) in [5.74, 6) is -1.06. The zero-order valence-electron chi connectivity index (χ0n) is 19.7. The predicted octanol–water partition coefficient (Wildman–Crippen LogP) is 4.46. The van der Waals surface area contributed by atoms with E-state index in [4.69, 9.17) is 14.2 Å². The summed E-state index contributed by atoms with van der Waals surface area (Å²) in [6.07, 6.45) is 0. The maximum atomic E-state index is 12.9. The number of nitro groups is 1. The smallest absolute Gasteiger partial charge is 0.482 e. The number of hydrogen-bond donors (Lipinski definition) is 0. The van der Waals surface area contributed by atoms with E-state index in [0.29, 0.717) is 12.1 Å². The third-order valence-electron chi connectivity index (χ3n) is 4.90. The van der Waals surface area contributed by atoms with Gasteiger partial charge < -0.3 is 14.2 Å². The number of halogens is 3. The molecular formula is C23H18F3NO10S2. The minimum absolute atomic E-state index is 0.114. The van der Waals surface area contributed by atoms with Crippen LogP contribution in [0.25, 0.3) is 0 Å². The van der Waals surface area contributed by atoms with E-state index in [1.165, 1.54) is 24.3 Å². The quantitative estimate of drug-likeness (QED) is 0.188. The van der Waals surface area contributed by atoms with Crippen LogP contribution < -0.4 is 9.47 Å². The molecule has 0 radical (unpaired) electrons. The second kappa shape index (κ2) is 11.3. The first kappa shape index (κ1) is 29.4. The van der Waals surface area contributed by atoms with Gasteiger partial charge in [0.2, 0.25) is 15.6 Å². The molecule has 0 spiro atoms. The molecule has 0 N–H and O–H groups in total. The highest BCUT2D eigenvalue weighted by molar-refractivity contribution is 7.92. The molecule has 3 rings (SSSR count). The largest absolute Gasteiger partial charge is 0.501 e. The van der Waals surface area contributed by atoms with Crippen molar-refractivity contribution >= 4 is 31.3 Å². The van der Waals surface area contributed by atoms with Gasteiger partial charge >= 0.3 is 17.2 Å². The summed E-state index contributed by atoms with van der Waals surface area (Å²) < 4.78 is 103. The lowest BCUT2D eigenvalue weighted by Gasteiger charge is -2.11. The molecule has 0 amide bonds. The molecule has 0 aromatic heterocycles. The summed E-state index contributed by atoms with van der Waals surface area (Å²) in [6, 6.07) is 11.1. The van der Waals surface area contributed by atoms with Crippen molar-refractivity contribution in [2.24, 2.45) is 0 Å². The van der Waals surface area contributed by atoms with Crippen LogP contribution in [0.1, 0.15) is 6.92 Å². The molecule has 0 saturated carbocycles. The lowest BCUT2D eigenvalue weighted by atomic mass is 10.3. The second-order valence-electron chi connectivity index (χ2n) is 7.48. The highest BCUT2D eigenvalue weighted by atomic mass is 32.2. The van der Waals surface area contributed by atoms with Crippen molar-refractivity contribution in [3.63, 3.8) is 0 Å². The van der Waals surface area contributed by atoms with Crippen LogP contribution in [0.2, 0.25) is 0 Å². The molecule has 3 aromatic carbocycles. The number of ether oxygens (including phenoxy) is 3. The first-order chi connectivity index (χ1) is 18.2. The zero-order chi connectivity index (χ0) is 29.0. The number of esters is 1. The molecule has 0 saturated heterocycles. The molecule has 39 heavy (non-hydrogen) atoms. The maximum Gasteiger partial charge on any atom is 0.501 e. The molecule has 11 nitrogen and oxygen atoms in total. The third-order valence-corrected chi connectivity index (χ3v) is 8.17. The topological polar surface area (TPSA) is 156 Å². The molecule has 0 heterocycles. The Kier molecular flexibility index (Phi) is 8.50. The molecule has 208 valence electrons. The van der Waals surface area contributed by atoms with E-state index >= 15 is 0 Å². The number of hydrogen-bond acceptors (Lipinski definition) is 10. The van der Waals surface area contributed by atoms with Crippen molar-refractivity contribution in [3.05, 3.63) is 76.8 Å². The fourth-order valence-corrected chi connectivity index (χ4v) is 5.08. The molecule has 0 atom stereocenters. The van der Waals surface area contributed by atoms with Crippen molar-refractivity contribution in [1.82, 2.24) is 0 Å². The van der Waals surface area contributed by atoms with Crippen LogP contribution in [0.3, 0.4) is 0 Å². The van der Waals surface area contributed by atoms with Gasteiger partial charge in [-0.05, 0) is 67.6 Å². The number of nitrogens with zero attached hydrogens (tertiary/aromatic N) is 1. The Morgan fingerprint density at radius 2 is 1.38 bits per heavy atom. The molecule has 16 heteroatoms. The van der Waals surface area contributed by atoms with Crippen LogP contribution in [0.4, 0.5) is 18.9 Å². The maximum absolute atomic E-state index is 12.9. The SMILES string of the molecule is CCOC(=O)COc1ccc(S(=O)(=O)c2ccc(Oc3ccc(S(=O)(=O)C(F)(F)F)cc3[N+](=O)[O-])cc2)cc1. The molecule has 0 aliphatic carbocycles. The van der Waals surface area contributed by atoms with Gasteiger partial charge in [-0.3, -0.25) is 10.1 Å². The molecule has 0 bridgehead atoms. The van der Waals surface area contributed by atoms with Crippen LogP contribution in [-0.2, 0) is 29.2 Å². The van der Waals surface area contributed by atoms with Crippen LogP contribution in [0.5, 0.6) is 17.2 Å². The summed E-state index contributed by atoms with van der Waals surface area (Å²) in [7, 11) is -9.87. The fourth-order valence-electron chi connectivity index (χ4n) is 3.04. The number of carbonyl (C=O) groups is 1.